The largest absolute Gasteiger partial charge is 0.348 e. The standard InChI is InChI=1S/C13H13FN4O/c14-10-3-1-2-9(6-10)7-17-13(19)11-8-16-5-4-12(11)18-15/h1-6,8H,7,15H2,(H,16,18)(H,17,19). The van der Waals surface area contributed by atoms with E-state index >= 15 is 0 Å². The lowest BCUT2D eigenvalue weighted by Gasteiger charge is -2.09. The zero-order valence-electron chi connectivity index (χ0n) is 10.1. The molecule has 0 spiro atoms. The number of nitrogens with one attached hydrogen (secondary N) is 2. The number of aromatic nitrogens is 1. The summed E-state index contributed by atoms with van der Waals surface area (Å²) < 4.78 is 13.0. The molecule has 1 aromatic heterocycles. The third-order valence-electron chi connectivity index (χ3n) is 2.56. The van der Waals surface area contributed by atoms with Crippen molar-refractivity contribution in [1.82, 2.24) is 10.3 Å². The van der Waals surface area contributed by atoms with Crippen LogP contribution in [0.5, 0.6) is 0 Å². The lowest BCUT2D eigenvalue weighted by atomic mass is 10.2. The summed E-state index contributed by atoms with van der Waals surface area (Å²) in [6.07, 6.45) is 2.94. The third kappa shape index (κ3) is 3.26. The molecule has 0 aliphatic rings. The summed E-state index contributed by atoms with van der Waals surface area (Å²) in [6.45, 7) is 0.232. The molecule has 98 valence electrons. The number of carbonyl (C=O) groups is 1. The number of halogens is 1. The van der Waals surface area contributed by atoms with Gasteiger partial charge >= 0.3 is 0 Å². The maximum Gasteiger partial charge on any atom is 0.255 e. The molecule has 0 atom stereocenters. The molecule has 1 amide bonds. The first-order valence-electron chi connectivity index (χ1n) is 5.64. The number of hydrazine groups is 1. The molecule has 5 nitrogen and oxygen atoms in total. The van der Waals surface area contributed by atoms with Gasteiger partial charge in [-0.1, -0.05) is 12.1 Å². The van der Waals surface area contributed by atoms with Crippen molar-refractivity contribution in [2.75, 3.05) is 5.43 Å². The molecule has 1 aromatic carbocycles. The minimum atomic E-state index is -0.336. The number of nitrogens with zero attached hydrogens (tertiary/aromatic N) is 1. The lowest BCUT2D eigenvalue weighted by Crippen LogP contribution is -2.25. The zero-order chi connectivity index (χ0) is 13.7. The van der Waals surface area contributed by atoms with Gasteiger partial charge in [0.2, 0.25) is 0 Å². The van der Waals surface area contributed by atoms with Crippen molar-refractivity contribution >= 4 is 11.6 Å². The number of hydrogen-bond acceptors (Lipinski definition) is 4. The highest BCUT2D eigenvalue weighted by Gasteiger charge is 2.10. The maximum absolute atomic E-state index is 13.0. The second kappa shape index (κ2) is 5.92. The molecule has 2 aromatic rings. The molecular formula is C13H13FN4O. The monoisotopic (exact) mass is 260 g/mol. The molecule has 0 saturated carbocycles. The van der Waals surface area contributed by atoms with Gasteiger partial charge in [-0.2, -0.15) is 0 Å². The number of carbonyl (C=O) groups excluding carboxylic acids is 1. The molecule has 0 aliphatic heterocycles. The number of benzene rings is 1. The minimum Gasteiger partial charge on any atom is -0.348 e. The van der Waals surface area contributed by atoms with E-state index in [-0.39, 0.29) is 18.3 Å². The highest BCUT2D eigenvalue weighted by atomic mass is 19.1. The second-order valence-corrected chi connectivity index (χ2v) is 3.88. The van der Waals surface area contributed by atoms with Gasteiger partial charge in [-0.3, -0.25) is 15.6 Å². The predicted octanol–water partition coefficient (Wildman–Crippen LogP) is 1.44. The minimum absolute atomic E-state index is 0.232. The molecule has 4 N–H and O–H groups in total. The van der Waals surface area contributed by atoms with Crippen molar-refractivity contribution in [2.45, 2.75) is 6.54 Å². The first-order chi connectivity index (χ1) is 9.20. The normalized spacial score (nSPS) is 10.0. The highest BCUT2D eigenvalue weighted by Crippen LogP contribution is 2.12. The predicted molar refractivity (Wildman–Crippen MR) is 69.6 cm³/mol. The number of anilines is 1. The van der Waals surface area contributed by atoms with E-state index < -0.39 is 0 Å². The molecular weight excluding hydrogens is 247 g/mol. The van der Waals surface area contributed by atoms with E-state index in [1.807, 2.05) is 0 Å². The first-order valence-corrected chi connectivity index (χ1v) is 5.64. The van der Waals surface area contributed by atoms with Crippen LogP contribution in [0.1, 0.15) is 15.9 Å². The molecule has 0 radical (unpaired) electrons. The van der Waals surface area contributed by atoms with Crippen molar-refractivity contribution in [2.24, 2.45) is 5.84 Å². The fourth-order valence-electron chi connectivity index (χ4n) is 1.63. The fraction of sp³-hybridized carbons (Fsp3) is 0.0769. The number of amides is 1. The number of hydrogen-bond donors (Lipinski definition) is 3. The summed E-state index contributed by atoms with van der Waals surface area (Å²) in [4.78, 5) is 15.8. The van der Waals surface area contributed by atoms with Crippen LogP contribution in [0.4, 0.5) is 10.1 Å². The Bertz CT molecular complexity index is 588. The Morgan fingerprint density at radius 2 is 2.21 bits per heavy atom. The Morgan fingerprint density at radius 1 is 1.37 bits per heavy atom. The number of nitrogen functional groups attached to an aromatic ring is 1. The number of rotatable bonds is 4. The van der Waals surface area contributed by atoms with Crippen LogP contribution in [0.2, 0.25) is 0 Å². The molecule has 0 saturated heterocycles. The van der Waals surface area contributed by atoms with Gasteiger partial charge in [0.15, 0.2) is 0 Å². The topological polar surface area (TPSA) is 80.0 Å². The van der Waals surface area contributed by atoms with Gasteiger partial charge < -0.3 is 10.7 Å². The van der Waals surface area contributed by atoms with E-state index in [0.717, 1.165) is 0 Å². The van der Waals surface area contributed by atoms with E-state index in [4.69, 9.17) is 5.84 Å². The fourth-order valence-corrected chi connectivity index (χ4v) is 1.63. The second-order valence-electron chi connectivity index (χ2n) is 3.88. The van der Waals surface area contributed by atoms with Crippen LogP contribution in [0.25, 0.3) is 0 Å². The van der Waals surface area contributed by atoms with Crippen LogP contribution in [0, 0.1) is 5.82 Å². The van der Waals surface area contributed by atoms with Gasteiger partial charge in [-0.25, -0.2) is 4.39 Å². The number of pyridine rings is 1. The van der Waals surface area contributed by atoms with Crippen LogP contribution in [0.15, 0.2) is 42.7 Å². The lowest BCUT2D eigenvalue weighted by molar-refractivity contribution is 0.0951. The van der Waals surface area contributed by atoms with Crippen LogP contribution in [-0.4, -0.2) is 10.9 Å². The average Bonchev–Trinajstić information content (AvgIpc) is 2.45. The smallest absolute Gasteiger partial charge is 0.255 e. The number of nitrogens with two attached hydrogens (primary N) is 1. The summed E-state index contributed by atoms with van der Waals surface area (Å²) in [5, 5.41) is 2.68. The Morgan fingerprint density at radius 3 is 2.95 bits per heavy atom. The van der Waals surface area contributed by atoms with Crippen molar-refractivity contribution in [3.8, 4) is 0 Å². The summed E-state index contributed by atoms with van der Waals surface area (Å²) in [5.41, 5.74) is 3.92. The van der Waals surface area contributed by atoms with Crippen LogP contribution in [-0.2, 0) is 6.54 Å². The first kappa shape index (κ1) is 13.0. The SMILES string of the molecule is NNc1ccncc1C(=O)NCc1cccc(F)c1. The van der Waals surface area contributed by atoms with Crippen LogP contribution < -0.4 is 16.6 Å². The van der Waals surface area contributed by atoms with Gasteiger partial charge in [0.25, 0.3) is 5.91 Å². The van der Waals surface area contributed by atoms with E-state index in [1.54, 1.807) is 18.2 Å². The summed E-state index contributed by atoms with van der Waals surface area (Å²) >= 11 is 0. The maximum atomic E-state index is 13.0. The molecule has 6 heteroatoms. The quantitative estimate of drug-likeness (QED) is 0.574. The van der Waals surface area contributed by atoms with Crippen LogP contribution in [0.3, 0.4) is 0 Å². The van der Waals surface area contributed by atoms with Gasteiger partial charge in [0.05, 0.1) is 11.3 Å². The van der Waals surface area contributed by atoms with E-state index in [9.17, 15) is 9.18 Å². The van der Waals surface area contributed by atoms with Gasteiger partial charge in [-0.15, -0.1) is 0 Å². The Kier molecular flexibility index (Phi) is 4.04. The Labute approximate surface area is 109 Å². The van der Waals surface area contributed by atoms with Crippen molar-refractivity contribution in [3.05, 3.63) is 59.7 Å². The molecule has 19 heavy (non-hydrogen) atoms. The van der Waals surface area contributed by atoms with Crippen molar-refractivity contribution in [1.29, 1.82) is 0 Å². The van der Waals surface area contributed by atoms with Gasteiger partial charge in [0, 0.05) is 18.9 Å². The van der Waals surface area contributed by atoms with Gasteiger partial charge in [0.1, 0.15) is 5.82 Å². The van der Waals surface area contributed by atoms with E-state index in [2.05, 4.69) is 15.7 Å². The van der Waals surface area contributed by atoms with Gasteiger partial charge in [-0.05, 0) is 23.8 Å². The summed E-state index contributed by atoms with van der Waals surface area (Å²) in [6, 6.07) is 7.63. The van der Waals surface area contributed by atoms with E-state index in [0.29, 0.717) is 16.8 Å². The molecule has 0 aliphatic carbocycles. The van der Waals surface area contributed by atoms with Crippen molar-refractivity contribution < 1.29 is 9.18 Å². The van der Waals surface area contributed by atoms with Crippen molar-refractivity contribution in [3.63, 3.8) is 0 Å². The zero-order valence-corrected chi connectivity index (χ0v) is 10.1. The molecule has 0 unspecified atom stereocenters. The van der Waals surface area contributed by atoms with Crippen LogP contribution >= 0.6 is 0 Å². The van der Waals surface area contributed by atoms with E-state index in [1.165, 1.54) is 24.5 Å². The highest BCUT2D eigenvalue weighted by molar-refractivity contribution is 5.99. The Balaban J connectivity index is 2.05. The molecule has 2 rings (SSSR count). The molecule has 1 heterocycles. The Hall–Kier alpha value is -2.47. The summed E-state index contributed by atoms with van der Waals surface area (Å²) in [7, 11) is 0. The summed E-state index contributed by atoms with van der Waals surface area (Å²) in [5.74, 6) is 4.64. The molecule has 0 fully saturated rings. The third-order valence-corrected chi connectivity index (χ3v) is 2.56. The molecule has 0 bridgehead atoms. The average molecular weight is 260 g/mol.